The molecule has 1 aromatic heterocycles. The zero-order chi connectivity index (χ0) is 15.3. The van der Waals surface area contributed by atoms with E-state index < -0.39 is 5.97 Å². The normalized spacial score (nSPS) is 11.8. The number of carboxylic acid groups (broad SMARTS) is 1. The minimum absolute atomic E-state index is 0.400. The number of rotatable bonds is 8. The molecule has 0 aliphatic rings. The fourth-order valence-corrected chi connectivity index (χ4v) is 3.34. The molecule has 0 fully saturated rings. The predicted molar refractivity (Wildman–Crippen MR) is 83.4 cm³/mol. The second kappa shape index (κ2) is 7.74. The Kier molecular flexibility index (Phi) is 6.62. The number of carbonyl (C=O) groups is 1. The Morgan fingerprint density at radius 3 is 2.15 bits per heavy atom. The van der Waals surface area contributed by atoms with Gasteiger partial charge in [-0.25, -0.2) is 9.78 Å². The van der Waals surface area contributed by atoms with Crippen LogP contribution in [0.5, 0.6) is 0 Å². The maximum atomic E-state index is 11.2. The van der Waals surface area contributed by atoms with Crippen LogP contribution in [0.3, 0.4) is 0 Å². The molecule has 0 radical (unpaired) electrons. The van der Waals surface area contributed by atoms with E-state index in [0.29, 0.717) is 28.8 Å². The summed E-state index contributed by atoms with van der Waals surface area (Å²) < 4.78 is 0. The highest BCUT2D eigenvalue weighted by Gasteiger charge is 2.18. The molecule has 0 spiro atoms. The molecule has 20 heavy (non-hydrogen) atoms. The highest BCUT2D eigenvalue weighted by Crippen LogP contribution is 2.21. The lowest BCUT2D eigenvalue weighted by Crippen LogP contribution is -2.30. The van der Waals surface area contributed by atoms with Crippen molar-refractivity contribution in [2.24, 2.45) is 11.8 Å². The van der Waals surface area contributed by atoms with Crippen LogP contribution in [0.1, 0.15) is 55.0 Å². The molecule has 0 saturated heterocycles. The van der Waals surface area contributed by atoms with Gasteiger partial charge < -0.3 is 5.11 Å². The van der Waals surface area contributed by atoms with E-state index >= 15 is 0 Å². The largest absolute Gasteiger partial charge is 0.477 e. The second-order valence-electron chi connectivity index (χ2n) is 6.02. The average molecular weight is 298 g/mol. The number of aryl methyl sites for hydroxylation is 1. The first kappa shape index (κ1) is 17.1. The van der Waals surface area contributed by atoms with Crippen molar-refractivity contribution in [3.05, 3.63) is 15.6 Å². The SMILES string of the molecule is CCc1nc(CN(CC(C)C)CC(C)C)sc1C(=O)O. The first-order valence-corrected chi connectivity index (χ1v) is 8.09. The summed E-state index contributed by atoms with van der Waals surface area (Å²) in [4.78, 5) is 18.5. The van der Waals surface area contributed by atoms with Crippen molar-refractivity contribution < 1.29 is 9.90 Å². The number of nitrogens with zero attached hydrogens (tertiary/aromatic N) is 2. The molecule has 4 nitrogen and oxygen atoms in total. The molecule has 0 unspecified atom stereocenters. The predicted octanol–water partition coefficient (Wildman–Crippen LogP) is 3.52. The summed E-state index contributed by atoms with van der Waals surface area (Å²) >= 11 is 1.32. The number of aromatic carboxylic acids is 1. The smallest absolute Gasteiger partial charge is 0.347 e. The van der Waals surface area contributed by atoms with E-state index in [1.54, 1.807) is 0 Å². The van der Waals surface area contributed by atoms with E-state index in [1.807, 2.05) is 6.92 Å². The summed E-state index contributed by atoms with van der Waals surface area (Å²) in [5.41, 5.74) is 0.714. The molecular formula is C15H26N2O2S. The van der Waals surface area contributed by atoms with Gasteiger partial charge in [-0.15, -0.1) is 11.3 Å². The Bertz CT molecular complexity index is 431. The lowest BCUT2D eigenvalue weighted by Gasteiger charge is -2.25. The monoisotopic (exact) mass is 298 g/mol. The average Bonchev–Trinajstić information content (AvgIpc) is 2.70. The van der Waals surface area contributed by atoms with Crippen molar-refractivity contribution in [2.75, 3.05) is 13.1 Å². The van der Waals surface area contributed by atoms with Crippen molar-refractivity contribution in [2.45, 2.75) is 47.6 Å². The van der Waals surface area contributed by atoms with Gasteiger partial charge in [-0.05, 0) is 18.3 Å². The van der Waals surface area contributed by atoms with Crippen LogP contribution in [-0.4, -0.2) is 34.0 Å². The van der Waals surface area contributed by atoms with E-state index in [-0.39, 0.29) is 0 Å². The van der Waals surface area contributed by atoms with E-state index in [1.165, 1.54) is 11.3 Å². The van der Waals surface area contributed by atoms with Gasteiger partial charge in [0.15, 0.2) is 0 Å². The zero-order valence-corrected chi connectivity index (χ0v) is 14.0. The molecule has 1 N–H and O–H groups in total. The van der Waals surface area contributed by atoms with Gasteiger partial charge >= 0.3 is 5.97 Å². The lowest BCUT2D eigenvalue weighted by molar-refractivity contribution is 0.0701. The van der Waals surface area contributed by atoms with Crippen molar-refractivity contribution in [3.63, 3.8) is 0 Å². The minimum Gasteiger partial charge on any atom is -0.477 e. The van der Waals surface area contributed by atoms with Crippen molar-refractivity contribution in [1.29, 1.82) is 0 Å². The molecule has 1 aromatic rings. The molecule has 114 valence electrons. The fraction of sp³-hybridized carbons (Fsp3) is 0.733. The van der Waals surface area contributed by atoms with Crippen LogP contribution in [0.2, 0.25) is 0 Å². The summed E-state index contributed by atoms with van der Waals surface area (Å²) in [6.07, 6.45) is 0.673. The molecule has 0 saturated carbocycles. The van der Waals surface area contributed by atoms with Gasteiger partial charge in [0.05, 0.1) is 12.2 Å². The van der Waals surface area contributed by atoms with Gasteiger partial charge in [0.1, 0.15) is 9.88 Å². The summed E-state index contributed by atoms with van der Waals surface area (Å²) in [6.45, 7) is 13.5. The van der Waals surface area contributed by atoms with Crippen LogP contribution in [0.15, 0.2) is 0 Å². The minimum atomic E-state index is -0.857. The number of thiazole rings is 1. The number of aromatic nitrogens is 1. The number of hydrogen-bond acceptors (Lipinski definition) is 4. The highest BCUT2D eigenvalue weighted by atomic mass is 32.1. The third kappa shape index (κ3) is 5.21. The van der Waals surface area contributed by atoms with Crippen molar-refractivity contribution in [3.8, 4) is 0 Å². The zero-order valence-electron chi connectivity index (χ0n) is 13.1. The molecule has 0 aliphatic carbocycles. The Morgan fingerprint density at radius 2 is 1.80 bits per heavy atom. The third-order valence-corrected chi connectivity index (χ3v) is 3.95. The number of hydrogen-bond donors (Lipinski definition) is 1. The molecule has 0 atom stereocenters. The molecule has 5 heteroatoms. The van der Waals surface area contributed by atoms with Crippen molar-refractivity contribution >= 4 is 17.3 Å². The van der Waals surface area contributed by atoms with Crippen LogP contribution >= 0.6 is 11.3 Å². The van der Waals surface area contributed by atoms with Gasteiger partial charge in [-0.2, -0.15) is 0 Å². The van der Waals surface area contributed by atoms with E-state index in [0.717, 1.165) is 24.6 Å². The Balaban J connectivity index is 2.84. The van der Waals surface area contributed by atoms with Crippen LogP contribution in [0.4, 0.5) is 0 Å². The van der Waals surface area contributed by atoms with E-state index in [9.17, 15) is 9.90 Å². The van der Waals surface area contributed by atoms with E-state index in [2.05, 4.69) is 37.6 Å². The van der Waals surface area contributed by atoms with Crippen LogP contribution in [0, 0.1) is 11.8 Å². The summed E-state index contributed by atoms with van der Waals surface area (Å²) in [6, 6.07) is 0. The molecule has 1 heterocycles. The molecule has 1 rings (SSSR count). The second-order valence-corrected chi connectivity index (χ2v) is 7.11. The standard InChI is InChI=1S/C15H26N2O2S/c1-6-12-14(15(18)19)20-13(16-12)9-17(7-10(2)3)8-11(4)5/h10-11H,6-9H2,1-5H3,(H,18,19). The molecule has 0 bridgehead atoms. The Morgan fingerprint density at radius 1 is 1.25 bits per heavy atom. The summed E-state index contributed by atoms with van der Waals surface area (Å²) in [5.74, 6) is 0.335. The van der Waals surface area contributed by atoms with Crippen LogP contribution in [0.25, 0.3) is 0 Å². The lowest BCUT2D eigenvalue weighted by atomic mass is 10.1. The fourth-order valence-electron chi connectivity index (χ4n) is 2.30. The van der Waals surface area contributed by atoms with Crippen LogP contribution in [-0.2, 0) is 13.0 Å². The van der Waals surface area contributed by atoms with Crippen LogP contribution < -0.4 is 0 Å². The van der Waals surface area contributed by atoms with E-state index in [4.69, 9.17) is 0 Å². The maximum Gasteiger partial charge on any atom is 0.347 e. The highest BCUT2D eigenvalue weighted by molar-refractivity contribution is 7.13. The van der Waals surface area contributed by atoms with Gasteiger partial charge in [0, 0.05) is 13.1 Å². The summed E-state index contributed by atoms with van der Waals surface area (Å²) in [7, 11) is 0. The number of carboxylic acids is 1. The first-order valence-electron chi connectivity index (χ1n) is 7.27. The Labute approximate surface area is 125 Å². The molecular weight excluding hydrogens is 272 g/mol. The van der Waals surface area contributed by atoms with Gasteiger partial charge in [-0.3, -0.25) is 4.90 Å². The first-order chi connectivity index (χ1) is 9.33. The van der Waals surface area contributed by atoms with Gasteiger partial charge in [0.25, 0.3) is 0 Å². The topological polar surface area (TPSA) is 53.4 Å². The Hall–Kier alpha value is -0.940. The van der Waals surface area contributed by atoms with Crippen molar-refractivity contribution in [1.82, 2.24) is 9.88 Å². The third-order valence-electron chi connectivity index (χ3n) is 2.88. The van der Waals surface area contributed by atoms with Gasteiger partial charge in [-0.1, -0.05) is 34.6 Å². The maximum absolute atomic E-state index is 11.2. The van der Waals surface area contributed by atoms with Gasteiger partial charge in [0.2, 0.25) is 0 Å². The summed E-state index contributed by atoms with van der Waals surface area (Å²) in [5, 5.41) is 10.1. The molecule has 0 amide bonds. The molecule has 0 aliphatic heterocycles. The quantitative estimate of drug-likeness (QED) is 0.798. The molecule has 0 aromatic carbocycles.